The van der Waals surface area contributed by atoms with E-state index in [4.69, 9.17) is 4.74 Å². The molecule has 0 aromatic carbocycles. The van der Waals surface area contributed by atoms with Gasteiger partial charge in [0, 0.05) is 30.2 Å². The number of ether oxygens (including phenoxy) is 1. The zero-order valence-electron chi connectivity index (χ0n) is 11.2. The summed E-state index contributed by atoms with van der Waals surface area (Å²) in [6, 6.07) is 4.28. The molecule has 0 saturated heterocycles. The molecule has 0 bridgehead atoms. The first-order chi connectivity index (χ1) is 9.74. The third-order valence-electron chi connectivity index (χ3n) is 3.25. The summed E-state index contributed by atoms with van der Waals surface area (Å²) in [5.41, 5.74) is 0. The van der Waals surface area contributed by atoms with E-state index in [9.17, 15) is 0 Å². The minimum absolute atomic E-state index is 0.327. The van der Waals surface area contributed by atoms with Crippen molar-refractivity contribution < 1.29 is 4.74 Å². The summed E-state index contributed by atoms with van der Waals surface area (Å²) < 4.78 is 8.02. The molecule has 0 spiro atoms. The summed E-state index contributed by atoms with van der Waals surface area (Å²) in [4.78, 5) is 8.81. The number of pyridine rings is 1. The van der Waals surface area contributed by atoms with Crippen molar-refractivity contribution in [3.63, 3.8) is 0 Å². The van der Waals surface area contributed by atoms with Gasteiger partial charge >= 0.3 is 0 Å². The van der Waals surface area contributed by atoms with Gasteiger partial charge < -0.3 is 10.1 Å². The number of anilines is 1. The Morgan fingerprint density at radius 3 is 3.15 bits per heavy atom. The minimum Gasteiger partial charge on any atom is -0.377 e. The van der Waals surface area contributed by atoms with Gasteiger partial charge in [0.25, 0.3) is 0 Å². The first kappa shape index (κ1) is 13.5. The normalized spacial score (nSPS) is 17.8. The third kappa shape index (κ3) is 2.99. The Bertz CT molecular complexity index is 583. The number of aryl methyl sites for hydroxylation is 1. The van der Waals surface area contributed by atoms with Crippen LogP contribution in [0.1, 0.15) is 18.1 Å². The van der Waals surface area contributed by atoms with E-state index in [1.165, 1.54) is 0 Å². The highest BCUT2D eigenvalue weighted by atomic mass is 79.9. The lowest BCUT2D eigenvalue weighted by molar-refractivity contribution is 0.177. The van der Waals surface area contributed by atoms with Crippen molar-refractivity contribution in [2.75, 3.05) is 12.4 Å². The molecule has 0 radical (unpaired) electrons. The first-order valence-electron chi connectivity index (χ1n) is 6.54. The molecule has 2 aromatic rings. The van der Waals surface area contributed by atoms with Crippen LogP contribution in [0.15, 0.2) is 22.8 Å². The second kappa shape index (κ2) is 5.88. The van der Waals surface area contributed by atoms with Crippen molar-refractivity contribution >= 4 is 21.7 Å². The highest BCUT2D eigenvalue weighted by Gasteiger charge is 2.21. The Balaban J connectivity index is 1.67. The number of nitrogens with zero attached hydrogens (tertiary/aromatic N) is 4. The lowest BCUT2D eigenvalue weighted by Crippen LogP contribution is -2.32. The summed E-state index contributed by atoms with van der Waals surface area (Å²) in [7, 11) is 1.66. The molecule has 0 unspecified atom stereocenters. The Hall–Kier alpha value is -1.47. The molecule has 3 rings (SSSR count). The van der Waals surface area contributed by atoms with E-state index in [0.717, 1.165) is 41.3 Å². The quantitative estimate of drug-likeness (QED) is 0.924. The molecule has 6 nitrogen and oxygen atoms in total. The molecule has 0 saturated carbocycles. The Morgan fingerprint density at radius 1 is 1.50 bits per heavy atom. The molecule has 0 fully saturated rings. The number of halogens is 1. The summed E-state index contributed by atoms with van der Waals surface area (Å²) in [6.07, 6.45) is 3.75. The van der Waals surface area contributed by atoms with Gasteiger partial charge in [0.05, 0.1) is 6.54 Å². The lowest BCUT2D eigenvalue weighted by atomic mass is 10.1. The van der Waals surface area contributed by atoms with Gasteiger partial charge in [-0.05, 0) is 34.5 Å². The number of hydrogen-bond acceptors (Lipinski definition) is 5. The second-order valence-corrected chi connectivity index (χ2v) is 5.72. The van der Waals surface area contributed by atoms with Crippen LogP contribution in [-0.4, -0.2) is 32.9 Å². The molecule has 20 heavy (non-hydrogen) atoms. The molecular weight excluding hydrogens is 322 g/mol. The predicted octanol–water partition coefficient (Wildman–Crippen LogP) is 2.01. The van der Waals surface area contributed by atoms with Gasteiger partial charge in [-0.3, -0.25) is 0 Å². The monoisotopic (exact) mass is 337 g/mol. The topological polar surface area (TPSA) is 64.9 Å². The van der Waals surface area contributed by atoms with E-state index in [2.05, 4.69) is 36.3 Å². The van der Waals surface area contributed by atoms with Crippen LogP contribution in [0, 0.1) is 0 Å². The summed E-state index contributed by atoms with van der Waals surface area (Å²) in [5.74, 6) is 2.68. The molecule has 106 valence electrons. The molecule has 1 N–H and O–H groups in total. The number of hydrogen-bond donors (Lipinski definition) is 1. The fourth-order valence-corrected chi connectivity index (χ4v) is 2.57. The highest BCUT2D eigenvalue weighted by Crippen LogP contribution is 2.18. The van der Waals surface area contributed by atoms with Crippen LogP contribution in [0.25, 0.3) is 0 Å². The molecule has 7 heteroatoms. The summed E-state index contributed by atoms with van der Waals surface area (Å²) >= 11 is 3.38. The number of aromatic nitrogens is 4. The predicted molar refractivity (Wildman–Crippen MR) is 78.4 cm³/mol. The van der Waals surface area contributed by atoms with Crippen LogP contribution in [0.4, 0.5) is 5.82 Å². The fourth-order valence-electron chi connectivity index (χ4n) is 2.34. The van der Waals surface area contributed by atoms with E-state index in [0.29, 0.717) is 12.6 Å². The van der Waals surface area contributed by atoms with Gasteiger partial charge in [0.1, 0.15) is 18.2 Å². The average Bonchev–Trinajstić information content (AvgIpc) is 2.83. The van der Waals surface area contributed by atoms with Gasteiger partial charge in [-0.2, -0.15) is 5.10 Å². The molecule has 0 amide bonds. The number of nitrogens with one attached hydrogen (secondary N) is 1. The van der Waals surface area contributed by atoms with Crippen LogP contribution in [0.2, 0.25) is 0 Å². The van der Waals surface area contributed by atoms with Crippen LogP contribution in [0.3, 0.4) is 0 Å². The van der Waals surface area contributed by atoms with E-state index < -0.39 is 0 Å². The lowest BCUT2D eigenvalue weighted by Gasteiger charge is -2.23. The number of methoxy groups -OCH3 is 1. The Kier molecular flexibility index (Phi) is 3.98. The van der Waals surface area contributed by atoms with E-state index in [-0.39, 0.29) is 0 Å². The van der Waals surface area contributed by atoms with Crippen molar-refractivity contribution in [2.45, 2.75) is 32.0 Å². The molecule has 1 aliphatic rings. The number of rotatable bonds is 4. The SMILES string of the molecule is COCc1nc2n(n1)C[C@@H](Nc1ccc(Br)cn1)CC2. The van der Waals surface area contributed by atoms with Gasteiger partial charge in [0.2, 0.25) is 0 Å². The van der Waals surface area contributed by atoms with Crippen LogP contribution >= 0.6 is 15.9 Å². The van der Waals surface area contributed by atoms with Gasteiger partial charge in [0.15, 0.2) is 5.82 Å². The fraction of sp³-hybridized carbons (Fsp3) is 0.462. The van der Waals surface area contributed by atoms with Crippen LogP contribution in [-0.2, 0) is 24.3 Å². The molecule has 1 atom stereocenters. The molecule has 0 aliphatic carbocycles. The standard InChI is InChI=1S/C13H16BrN5O/c1-20-8-12-17-13-5-3-10(7-19(13)18-12)16-11-4-2-9(14)6-15-11/h2,4,6,10H,3,5,7-8H2,1H3,(H,15,16)/t10-/m0/s1. The summed E-state index contributed by atoms with van der Waals surface area (Å²) in [5, 5.41) is 7.90. The Morgan fingerprint density at radius 2 is 2.40 bits per heavy atom. The smallest absolute Gasteiger partial charge is 0.176 e. The van der Waals surface area contributed by atoms with E-state index in [1.54, 1.807) is 13.3 Å². The number of fused-ring (bicyclic) bond motifs is 1. The minimum atomic E-state index is 0.327. The van der Waals surface area contributed by atoms with Gasteiger partial charge in [-0.15, -0.1) is 0 Å². The van der Waals surface area contributed by atoms with Crippen molar-refractivity contribution in [1.29, 1.82) is 0 Å². The maximum atomic E-state index is 5.07. The maximum absolute atomic E-state index is 5.07. The van der Waals surface area contributed by atoms with E-state index >= 15 is 0 Å². The van der Waals surface area contributed by atoms with Gasteiger partial charge in [-0.1, -0.05) is 0 Å². The first-order valence-corrected chi connectivity index (χ1v) is 7.33. The Labute approximate surface area is 125 Å². The molecular formula is C13H16BrN5O. The third-order valence-corrected chi connectivity index (χ3v) is 3.72. The zero-order chi connectivity index (χ0) is 13.9. The van der Waals surface area contributed by atoms with Crippen LogP contribution < -0.4 is 5.32 Å². The van der Waals surface area contributed by atoms with Crippen molar-refractivity contribution in [3.05, 3.63) is 34.5 Å². The second-order valence-electron chi connectivity index (χ2n) is 4.80. The maximum Gasteiger partial charge on any atom is 0.176 e. The van der Waals surface area contributed by atoms with Crippen molar-refractivity contribution in [1.82, 2.24) is 19.7 Å². The van der Waals surface area contributed by atoms with Crippen molar-refractivity contribution in [2.24, 2.45) is 0 Å². The largest absolute Gasteiger partial charge is 0.377 e. The molecule has 3 heterocycles. The van der Waals surface area contributed by atoms with E-state index in [1.807, 2.05) is 16.8 Å². The average molecular weight is 338 g/mol. The summed E-state index contributed by atoms with van der Waals surface area (Å²) in [6.45, 7) is 1.27. The van der Waals surface area contributed by atoms with Gasteiger partial charge in [-0.25, -0.2) is 14.6 Å². The van der Waals surface area contributed by atoms with Crippen LogP contribution in [0.5, 0.6) is 0 Å². The zero-order valence-corrected chi connectivity index (χ0v) is 12.8. The van der Waals surface area contributed by atoms with Crippen molar-refractivity contribution in [3.8, 4) is 0 Å². The molecule has 1 aliphatic heterocycles. The highest BCUT2D eigenvalue weighted by molar-refractivity contribution is 9.10. The molecule has 2 aromatic heterocycles.